The Bertz CT molecular complexity index is 815. The molecule has 7 nitrogen and oxygen atoms in total. The lowest BCUT2D eigenvalue weighted by Gasteiger charge is -2.19. The second-order valence-corrected chi connectivity index (χ2v) is 5.94. The van der Waals surface area contributed by atoms with Gasteiger partial charge in [0.05, 0.1) is 35.6 Å². The first-order chi connectivity index (χ1) is 12.0. The highest BCUT2D eigenvalue weighted by Crippen LogP contribution is 2.31. The van der Waals surface area contributed by atoms with Gasteiger partial charge in [-0.1, -0.05) is 0 Å². The van der Waals surface area contributed by atoms with Gasteiger partial charge < -0.3 is 18.8 Å². The molecule has 1 heterocycles. The van der Waals surface area contributed by atoms with Gasteiger partial charge in [0.2, 0.25) is 0 Å². The topological polar surface area (TPSA) is 104 Å². The maximum atomic E-state index is 11.8. The minimum atomic E-state index is -2.62. The van der Waals surface area contributed by atoms with Crippen LogP contribution in [0.15, 0.2) is 29.2 Å². The van der Waals surface area contributed by atoms with E-state index in [9.17, 15) is 14.0 Å². The SMILES string of the molecule is COCOCc1c(-c2ccc(OC)cc2)nc(C)c(C#N)c1S(=O)[O-]. The summed E-state index contributed by atoms with van der Waals surface area (Å²) in [6.45, 7) is 1.53. The van der Waals surface area contributed by atoms with Crippen molar-refractivity contribution in [3.05, 3.63) is 41.1 Å². The third-order valence-electron chi connectivity index (χ3n) is 3.52. The maximum Gasteiger partial charge on any atom is 0.146 e. The molecule has 0 saturated heterocycles. The number of rotatable bonds is 7. The van der Waals surface area contributed by atoms with Gasteiger partial charge in [0.1, 0.15) is 18.6 Å². The first kappa shape index (κ1) is 19.0. The highest BCUT2D eigenvalue weighted by Gasteiger charge is 2.20. The number of nitrogens with zero attached hydrogens (tertiary/aromatic N) is 2. The van der Waals surface area contributed by atoms with Crippen LogP contribution in [-0.4, -0.2) is 34.8 Å². The van der Waals surface area contributed by atoms with Crippen LogP contribution in [0, 0.1) is 18.3 Å². The molecule has 132 valence electrons. The standard InChI is InChI=1S/C17H18N2O5S/c1-11-14(8-18)17(25(20)21)15(9-24-10-22-2)16(19-11)12-4-6-13(23-3)7-5-12/h4-7H,9-10H2,1-3H3,(H,20,21)/p-1. The van der Waals surface area contributed by atoms with Crippen molar-refractivity contribution in [3.8, 4) is 23.1 Å². The third kappa shape index (κ3) is 4.21. The summed E-state index contributed by atoms with van der Waals surface area (Å²) in [6.07, 6.45) is 0. The van der Waals surface area contributed by atoms with Crippen LogP contribution in [0.25, 0.3) is 11.3 Å². The number of methoxy groups -OCH3 is 2. The number of pyridine rings is 1. The Balaban J connectivity index is 2.67. The number of hydrogen-bond acceptors (Lipinski definition) is 7. The van der Waals surface area contributed by atoms with Gasteiger partial charge in [-0.05, 0) is 42.3 Å². The predicted molar refractivity (Wildman–Crippen MR) is 89.5 cm³/mol. The Hall–Kier alpha value is -2.31. The lowest BCUT2D eigenvalue weighted by atomic mass is 10.0. The molecule has 0 aliphatic rings. The molecular formula is C17H17N2O5S-. The highest BCUT2D eigenvalue weighted by molar-refractivity contribution is 7.79. The van der Waals surface area contributed by atoms with Crippen molar-refractivity contribution < 1.29 is 23.0 Å². The minimum absolute atomic E-state index is 0.0112. The van der Waals surface area contributed by atoms with Crippen LogP contribution in [0.2, 0.25) is 0 Å². The molecule has 0 N–H and O–H groups in total. The summed E-state index contributed by atoms with van der Waals surface area (Å²) < 4.78 is 38.9. The Kier molecular flexibility index (Phi) is 6.61. The second-order valence-electron chi connectivity index (χ2n) is 5.06. The van der Waals surface area contributed by atoms with Gasteiger partial charge in [0.15, 0.2) is 0 Å². The van der Waals surface area contributed by atoms with Crippen molar-refractivity contribution in [3.63, 3.8) is 0 Å². The second kappa shape index (κ2) is 8.69. The lowest BCUT2D eigenvalue weighted by Crippen LogP contribution is -2.10. The predicted octanol–water partition coefficient (Wildman–Crippen LogP) is 2.30. The first-order valence-corrected chi connectivity index (χ1v) is 8.34. The van der Waals surface area contributed by atoms with Gasteiger partial charge >= 0.3 is 0 Å². The van der Waals surface area contributed by atoms with Gasteiger partial charge in [-0.3, -0.25) is 9.19 Å². The molecule has 0 fully saturated rings. The fraction of sp³-hybridized carbons (Fsp3) is 0.294. The Labute approximate surface area is 148 Å². The summed E-state index contributed by atoms with van der Waals surface area (Å²) >= 11 is -2.62. The lowest BCUT2D eigenvalue weighted by molar-refractivity contribution is -0.0396. The first-order valence-electron chi connectivity index (χ1n) is 7.27. The van der Waals surface area contributed by atoms with E-state index in [1.54, 1.807) is 38.3 Å². The van der Waals surface area contributed by atoms with Crippen LogP contribution in [-0.2, 0) is 27.2 Å². The largest absolute Gasteiger partial charge is 0.768 e. The molecule has 0 saturated carbocycles. The van der Waals surface area contributed by atoms with Crippen molar-refractivity contribution in [1.29, 1.82) is 5.26 Å². The van der Waals surface area contributed by atoms with Gasteiger partial charge in [-0.15, -0.1) is 0 Å². The molecule has 0 aliphatic carbocycles. The molecule has 0 amide bonds. The molecule has 1 aromatic heterocycles. The van der Waals surface area contributed by atoms with Crippen LogP contribution in [0.5, 0.6) is 5.75 Å². The molecule has 1 atom stereocenters. The van der Waals surface area contributed by atoms with E-state index >= 15 is 0 Å². The molecule has 0 aliphatic heterocycles. The van der Waals surface area contributed by atoms with E-state index in [-0.39, 0.29) is 23.9 Å². The summed E-state index contributed by atoms with van der Waals surface area (Å²) in [4.78, 5) is 4.33. The van der Waals surface area contributed by atoms with Crippen molar-refractivity contribution in [1.82, 2.24) is 4.98 Å². The molecule has 1 aromatic carbocycles. The number of aromatic nitrogens is 1. The van der Waals surface area contributed by atoms with Crippen LogP contribution in [0.1, 0.15) is 16.8 Å². The van der Waals surface area contributed by atoms with E-state index in [0.29, 0.717) is 28.3 Å². The van der Waals surface area contributed by atoms with Crippen molar-refractivity contribution >= 4 is 11.1 Å². The fourth-order valence-electron chi connectivity index (χ4n) is 2.38. The van der Waals surface area contributed by atoms with Crippen LogP contribution in [0.3, 0.4) is 0 Å². The van der Waals surface area contributed by atoms with Crippen molar-refractivity contribution in [2.75, 3.05) is 21.0 Å². The average molecular weight is 361 g/mol. The van der Waals surface area contributed by atoms with E-state index in [0.717, 1.165) is 0 Å². The molecule has 0 radical (unpaired) electrons. The summed E-state index contributed by atoms with van der Waals surface area (Å²) in [7, 11) is 3.02. The molecule has 8 heteroatoms. The molecular weight excluding hydrogens is 344 g/mol. The Morgan fingerprint density at radius 3 is 2.48 bits per heavy atom. The summed E-state index contributed by atoms with van der Waals surface area (Å²) in [5.41, 5.74) is 1.80. The van der Waals surface area contributed by atoms with Gasteiger partial charge in [-0.25, -0.2) is 0 Å². The summed E-state index contributed by atoms with van der Waals surface area (Å²) in [5.74, 6) is 0.666. The fourth-order valence-corrected chi connectivity index (χ4v) is 3.09. The zero-order valence-electron chi connectivity index (χ0n) is 14.1. The van der Waals surface area contributed by atoms with Gasteiger partial charge in [0, 0.05) is 18.2 Å². The van der Waals surface area contributed by atoms with Crippen LogP contribution in [0.4, 0.5) is 0 Å². The van der Waals surface area contributed by atoms with E-state index in [2.05, 4.69) is 4.98 Å². The highest BCUT2D eigenvalue weighted by atomic mass is 32.2. The van der Waals surface area contributed by atoms with Crippen molar-refractivity contribution in [2.24, 2.45) is 0 Å². The number of nitriles is 1. The van der Waals surface area contributed by atoms with Gasteiger partial charge in [0.25, 0.3) is 0 Å². The minimum Gasteiger partial charge on any atom is -0.768 e. The quantitative estimate of drug-likeness (QED) is 0.423. The average Bonchev–Trinajstić information content (AvgIpc) is 2.62. The summed E-state index contributed by atoms with van der Waals surface area (Å²) in [5, 5.41) is 9.33. The van der Waals surface area contributed by atoms with Crippen molar-refractivity contribution in [2.45, 2.75) is 18.4 Å². The number of ether oxygens (including phenoxy) is 3. The van der Waals surface area contributed by atoms with Gasteiger partial charge in [-0.2, -0.15) is 5.26 Å². The van der Waals surface area contributed by atoms with Crippen LogP contribution < -0.4 is 4.74 Å². The smallest absolute Gasteiger partial charge is 0.146 e. The zero-order chi connectivity index (χ0) is 18.4. The van der Waals surface area contributed by atoms with E-state index < -0.39 is 11.1 Å². The molecule has 2 rings (SSSR count). The monoisotopic (exact) mass is 361 g/mol. The number of hydrogen-bond donors (Lipinski definition) is 0. The molecule has 1 unspecified atom stereocenters. The Morgan fingerprint density at radius 1 is 1.28 bits per heavy atom. The molecule has 0 spiro atoms. The summed E-state index contributed by atoms with van der Waals surface area (Å²) in [6, 6.07) is 8.94. The molecule has 2 aromatic rings. The zero-order valence-corrected chi connectivity index (χ0v) is 14.9. The van der Waals surface area contributed by atoms with E-state index in [1.165, 1.54) is 7.11 Å². The molecule has 25 heavy (non-hydrogen) atoms. The Morgan fingerprint density at radius 2 is 1.96 bits per heavy atom. The van der Waals surface area contributed by atoms with E-state index in [1.807, 2.05) is 6.07 Å². The molecule has 0 bridgehead atoms. The van der Waals surface area contributed by atoms with Crippen LogP contribution >= 0.6 is 0 Å². The number of benzene rings is 1. The maximum absolute atomic E-state index is 11.8. The number of aryl methyl sites for hydroxylation is 1. The normalized spacial score (nSPS) is 11.8. The van der Waals surface area contributed by atoms with E-state index in [4.69, 9.17) is 14.2 Å². The third-order valence-corrected chi connectivity index (χ3v) is 4.30.